The fraction of sp³-hybridized carbons (Fsp3) is 0.379. The lowest BCUT2D eigenvalue weighted by Gasteiger charge is -2.28. The number of nitrogen functional groups attached to an aromatic ring is 1. The summed E-state index contributed by atoms with van der Waals surface area (Å²) in [5.74, 6) is 0.139. The maximum Gasteiger partial charge on any atom is 0.305 e. The number of carbonyl (C=O) groups excluding carboxylic acids is 5. The monoisotopic (exact) mass is 1020 g/mol. The van der Waals surface area contributed by atoms with Gasteiger partial charge in [0.05, 0.1) is 54.5 Å². The number of carboxylic acid groups (broad SMARTS) is 1. The Labute approximate surface area is 438 Å². The summed E-state index contributed by atoms with van der Waals surface area (Å²) in [6, 6.07) is 35.2. The number of rotatable bonds is 17. The van der Waals surface area contributed by atoms with Crippen molar-refractivity contribution in [3.63, 3.8) is 0 Å². The van der Waals surface area contributed by atoms with E-state index in [9.17, 15) is 28.8 Å². The van der Waals surface area contributed by atoms with Gasteiger partial charge in [0, 0.05) is 56.1 Å². The second kappa shape index (κ2) is 28.4. The average Bonchev–Trinajstić information content (AvgIpc) is 4.02. The molecule has 0 saturated heterocycles. The number of anilines is 2. The van der Waals surface area contributed by atoms with Gasteiger partial charge in [-0.05, 0) is 149 Å². The number of nitrogens with one attached hydrogen (secondary N) is 3. The van der Waals surface area contributed by atoms with Gasteiger partial charge in [-0.3, -0.25) is 28.8 Å². The number of ether oxygens (including phenoxy) is 2. The molecule has 17 nitrogen and oxygen atoms in total. The molecule has 2 fully saturated rings. The van der Waals surface area contributed by atoms with Gasteiger partial charge in [-0.25, -0.2) is 9.36 Å². The number of hydrogen-bond donors (Lipinski definition) is 5. The quantitative estimate of drug-likeness (QED) is 0.0424. The number of methoxy groups -OCH3 is 2. The predicted octanol–water partition coefficient (Wildman–Crippen LogP) is 9.27. The van der Waals surface area contributed by atoms with Gasteiger partial charge in [-0.1, -0.05) is 60.7 Å². The van der Waals surface area contributed by atoms with E-state index in [4.69, 9.17) is 20.3 Å². The van der Waals surface area contributed by atoms with E-state index in [1.807, 2.05) is 84.9 Å². The van der Waals surface area contributed by atoms with E-state index in [1.165, 1.54) is 25.3 Å². The van der Waals surface area contributed by atoms with Gasteiger partial charge in [0.25, 0.3) is 11.8 Å². The predicted molar refractivity (Wildman–Crippen MR) is 287 cm³/mol. The molecule has 2 aliphatic rings. The van der Waals surface area contributed by atoms with Crippen LogP contribution in [0.15, 0.2) is 122 Å². The van der Waals surface area contributed by atoms with Crippen LogP contribution in [-0.2, 0) is 28.7 Å². The van der Waals surface area contributed by atoms with E-state index < -0.39 is 5.97 Å². The molecule has 0 aliphatic heterocycles. The highest BCUT2D eigenvalue weighted by atomic mass is 16.5. The smallest absolute Gasteiger partial charge is 0.305 e. The normalized spacial score (nSPS) is 16.9. The van der Waals surface area contributed by atoms with Gasteiger partial charge in [0.2, 0.25) is 5.91 Å². The van der Waals surface area contributed by atoms with Crippen LogP contribution in [0.5, 0.6) is 0 Å². The third kappa shape index (κ3) is 17.5. The van der Waals surface area contributed by atoms with Crippen molar-refractivity contribution in [3.8, 4) is 11.4 Å². The first kappa shape index (κ1) is 56.2. The number of benzene rings is 4. The molecule has 396 valence electrons. The number of aryl methyl sites for hydroxylation is 2. The molecule has 8 rings (SSSR count). The summed E-state index contributed by atoms with van der Waals surface area (Å²) in [5.41, 5.74) is 13.8. The van der Waals surface area contributed by atoms with Crippen LogP contribution in [0.4, 0.5) is 11.4 Å². The Hall–Kier alpha value is -8.08. The van der Waals surface area contributed by atoms with Crippen molar-refractivity contribution in [1.82, 2.24) is 30.2 Å². The van der Waals surface area contributed by atoms with Gasteiger partial charge < -0.3 is 36.3 Å². The van der Waals surface area contributed by atoms with Crippen LogP contribution >= 0.6 is 0 Å². The SMILES string of the molecule is COC(=O)CC1CCC(c2ccc(N)cc2)CC1.COC(=O)CC1CCC(c2ccc(NC(=O)CCNC(=O)c3cn(-c4ccccc4)nc3C)cc2)CC1.Cc1nn(-c2ccccc2)cc1C(=O)NCCC(=O)O. The molecule has 6 N–H and O–H groups in total. The summed E-state index contributed by atoms with van der Waals surface area (Å²) in [6.45, 7) is 3.86. The maximum atomic E-state index is 12.6. The number of carbonyl (C=O) groups is 6. The van der Waals surface area contributed by atoms with E-state index in [0.717, 1.165) is 74.1 Å². The Bertz CT molecular complexity index is 2800. The highest BCUT2D eigenvalue weighted by Crippen LogP contribution is 2.38. The summed E-state index contributed by atoms with van der Waals surface area (Å²) in [5, 5.41) is 25.5. The molecular weight excluding hydrogens is 953 g/mol. The van der Waals surface area contributed by atoms with E-state index in [-0.39, 0.29) is 55.6 Å². The molecule has 17 heteroatoms. The van der Waals surface area contributed by atoms with Crippen molar-refractivity contribution >= 4 is 47.0 Å². The van der Waals surface area contributed by atoms with Crippen molar-refractivity contribution in [2.45, 2.75) is 103 Å². The van der Waals surface area contributed by atoms with Gasteiger partial charge in [-0.15, -0.1) is 0 Å². The molecule has 75 heavy (non-hydrogen) atoms. The summed E-state index contributed by atoms with van der Waals surface area (Å²) in [7, 11) is 2.90. The average molecular weight is 1020 g/mol. The molecule has 0 atom stereocenters. The molecule has 2 aliphatic carbocycles. The number of aliphatic carboxylic acids is 1. The first-order valence-corrected chi connectivity index (χ1v) is 25.6. The summed E-state index contributed by atoms with van der Waals surface area (Å²) >= 11 is 0. The fourth-order valence-corrected chi connectivity index (χ4v) is 9.42. The molecule has 2 saturated carbocycles. The highest BCUT2D eigenvalue weighted by Gasteiger charge is 2.26. The Morgan fingerprint density at radius 2 is 0.973 bits per heavy atom. The lowest BCUT2D eigenvalue weighted by atomic mass is 9.77. The van der Waals surface area contributed by atoms with E-state index in [2.05, 4.69) is 50.4 Å². The van der Waals surface area contributed by atoms with Crippen LogP contribution < -0.4 is 21.7 Å². The van der Waals surface area contributed by atoms with E-state index in [0.29, 0.717) is 59.0 Å². The van der Waals surface area contributed by atoms with Crippen molar-refractivity contribution in [3.05, 3.63) is 155 Å². The molecule has 4 aromatic carbocycles. The Balaban J connectivity index is 0.000000202. The van der Waals surface area contributed by atoms with Gasteiger partial charge in [0.1, 0.15) is 0 Å². The van der Waals surface area contributed by atoms with Crippen molar-refractivity contribution in [2.75, 3.05) is 38.4 Å². The molecule has 6 aromatic rings. The maximum absolute atomic E-state index is 12.6. The zero-order chi connectivity index (χ0) is 53.7. The second-order valence-electron chi connectivity index (χ2n) is 19.1. The van der Waals surface area contributed by atoms with Crippen LogP contribution in [-0.4, -0.2) is 87.6 Å². The number of hydrogen-bond acceptors (Lipinski definition) is 11. The largest absolute Gasteiger partial charge is 0.481 e. The fourth-order valence-electron chi connectivity index (χ4n) is 9.42. The number of amides is 3. The minimum Gasteiger partial charge on any atom is -0.481 e. The van der Waals surface area contributed by atoms with Crippen molar-refractivity contribution in [1.29, 1.82) is 0 Å². The molecule has 3 amide bonds. The van der Waals surface area contributed by atoms with Crippen molar-refractivity contribution < 1.29 is 43.3 Å². The van der Waals surface area contributed by atoms with Crippen LogP contribution in [0.2, 0.25) is 0 Å². The number of esters is 2. The molecule has 0 radical (unpaired) electrons. The topological polar surface area (TPSA) is 239 Å². The lowest BCUT2D eigenvalue weighted by Crippen LogP contribution is -2.27. The Morgan fingerprint density at radius 1 is 0.573 bits per heavy atom. The third-order valence-electron chi connectivity index (χ3n) is 13.7. The lowest BCUT2D eigenvalue weighted by molar-refractivity contribution is -0.142. The number of carboxylic acids is 1. The minimum atomic E-state index is -0.943. The number of nitrogens with zero attached hydrogens (tertiary/aromatic N) is 4. The van der Waals surface area contributed by atoms with Crippen LogP contribution in [0.25, 0.3) is 11.4 Å². The first-order valence-electron chi connectivity index (χ1n) is 25.6. The summed E-state index contributed by atoms with van der Waals surface area (Å²) in [6.07, 6.45) is 13.2. The van der Waals surface area contributed by atoms with Crippen molar-refractivity contribution in [2.24, 2.45) is 11.8 Å². The molecular formula is C58H70N8O9. The zero-order valence-electron chi connectivity index (χ0n) is 43.3. The molecule has 0 spiro atoms. The van der Waals surface area contributed by atoms with Crippen LogP contribution in [0.1, 0.15) is 132 Å². The zero-order valence-corrected chi connectivity index (χ0v) is 43.3. The Morgan fingerprint density at radius 3 is 1.37 bits per heavy atom. The number of para-hydroxylation sites is 2. The number of nitrogens with two attached hydrogens (primary N) is 1. The highest BCUT2D eigenvalue weighted by molar-refractivity contribution is 5.96. The van der Waals surface area contributed by atoms with Gasteiger partial charge in [-0.2, -0.15) is 10.2 Å². The van der Waals surface area contributed by atoms with Gasteiger partial charge in [0.15, 0.2) is 0 Å². The molecule has 2 heterocycles. The second-order valence-corrected chi connectivity index (χ2v) is 19.1. The standard InChI is InChI=1S/C29H34N4O4.C15H21NO2.C14H15N3O3/c1-20-26(19-33(32-20)25-6-4-3-5-7-25)29(36)30-17-16-27(34)31-24-14-12-23(13-15-24)22-10-8-21(9-11-22)18-28(35)37-2;1-18-15(17)10-11-2-4-12(5-3-11)13-6-8-14(16)9-7-13;1-10-12(14(20)15-8-7-13(18)19)9-17(16-10)11-5-3-2-4-6-11/h3-7,12-15,19,21-22H,8-11,16-18H2,1-2H3,(H,30,36)(H,31,34);6-9,11-12H,2-5,10,16H2,1H3;2-6,9H,7-8H2,1H3,(H,15,20)(H,18,19). The van der Waals surface area contributed by atoms with Crippen LogP contribution in [0, 0.1) is 25.7 Å². The number of aromatic nitrogens is 4. The van der Waals surface area contributed by atoms with E-state index in [1.54, 1.807) is 35.6 Å². The minimum absolute atomic E-state index is 0.0778. The van der Waals surface area contributed by atoms with Crippen LogP contribution in [0.3, 0.4) is 0 Å². The summed E-state index contributed by atoms with van der Waals surface area (Å²) in [4.78, 5) is 70.1. The Kier molecular flexibility index (Phi) is 21.3. The molecule has 2 aromatic heterocycles. The third-order valence-corrected chi connectivity index (χ3v) is 13.7. The van der Waals surface area contributed by atoms with Gasteiger partial charge >= 0.3 is 17.9 Å². The molecule has 0 bridgehead atoms. The first-order chi connectivity index (χ1) is 36.2. The summed E-state index contributed by atoms with van der Waals surface area (Å²) < 4.78 is 12.8. The van der Waals surface area contributed by atoms with E-state index >= 15 is 0 Å². The molecule has 0 unspecified atom stereocenters.